The van der Waals surface area contributed by atoms with Crippen molar-refractivity contribution in [1.82, 2.24) is 4.98 Å². The first-order valence-electron chi connectivity index (χ1n) is 5.26. The molecule has 1 aromatic heterocycles. The smallest absolute Gasteiger partial charge is 0.258 e. The topological polar surface area (TPSA) is 42.0 Å². The molecule has 0 aliphatic rings. The van der Waals surface area contributed by atoms with Crippen LogP contribution < -0.4 is 5.32 Å². The maximum absolute atomic E-state index is 12.1. The molecule has 0 atom stereocenters. The van der Waals surface area contributed by atoms with Gasteiger partial charge in [-0.1, -0.05) is 17.7 Å². The van der Waals surface area contributed by atoms with E-state index in [2.05, 4.69) is 10.3 Å². The second-order valence-corrected chi connectivity index (χ2v) is 4.80. The van der Waals surface area contributed by atoms with Crippen LogP contribution in [0.2, 0.25) is 5.02 Å². The monoisotopic (exact) mass is 278 g/mol. The van der Waals surface area contributed by atoms with E-state index in [1.165, 1.54) is 0 Å². The zero-order valence-corrected chi connectivity index (χ0v) is 11.3. The molecular weight excluding hydrogens is 268 g/mol. The number of hydrogen-bond acceptors (Lipinski definition) is 3. The lowest BCUT2D eigenvalue weighted by Gasteiger charge is -2.07. The van der Waals surface area contributed by atoms with Crippen LogP contribution in [0.15, 0.2) is 47.5 Å². The Bertz CT molecular complexity index is 560. The number of amides is 1. The van der Waals surface area contributed by atoms with E-state index in [1.54, 1.807) is 42.2 Å². The second kappa shape index (κ2) is 5.89. The standard InChI is InChI=1S/C13H11ClN2OS/c1-18-9-5-6-11(14)10(8-9)13(17)16-12-4-2-3-7-15-12/h2-8H,1H3,(H,15,16,17). The van der Waals surface area contributed by atoms with Crippen molar-refractivity contribution in [1.29, 1.82) is 0 Å². The number of rotatable bonds is 3. The van der Waals surface area contributed by atoms with Crippen LogP contribution in [0.25, 0.3) is 0 Å². The molecule has 2 aromatic rings. The van der Waals surface area contributed by atoms with Crippen LogP contribution >= 0.6 is 23.4 Å². The van der Waals surface area contributed by atoms with E-state index in [9.17, 15) is 4.79 Å². The number of anilines is 1. The van der Waals surface area contributed by atoms with Crippen molar-refractivity contribution >= 4 is 35.1 Å². The van der Waals surface area contributed by atoms with Gasteiger partial charge in [0.2, 0.25) is 0 Å². The molecule has 2 rings (SSSR count). The van der Waals surface area contributed by atoms with Gasteiger partial charge in [-0.05, 0) is 36.6 Å². The van der Waals surface area contributed by atoms with E-state index in [-0.39, 0.29) is 5.91 Å². The second-order valence-electron chi connectivity index (χ2n) is 3.51. The fraction of sp³-hybridized carbons (Fsp3) is 0.0769. The number of aromatic nitrogens is 1. The summed E-state index contributed by atoms with van der Waals surface area (Å²) >= 11 is 7.58. The number of carbonyl (C=O) groups is 1. The van der Waals surface area contributed by atoms with Gasteiger partial charge in [-0.25, -0.2) is 4.98 Å². The lowest BCUT2D eigenvalue weighted by molar-refractivity contribution is 0.102. The minimum Gasteiger partial charge on any atom is -0.307 e. The Labute approximate surface area is 115 Å². The van der Waals surface area contributed by atoms with E-state index in [4.69, 9.17) is 11.6 Å². The highest BCUT2D eigenvalue weighted by Crippen LogP contribution is 2.23. The number of carbonyl (C=O) groups excluding carboxylic acids is 1. The van der Waals surface area contributed by atoms with E-state index in [0.717, 1.165) is 4.90 Å². The molecule has 0 bridgehead atoms. The van der Waals surface area contributed by atoms with Crippen LogP contribution in [-0.4, -0.2) is 17.1 Å². The average Bonchev–Trinajstić information content (AvgIpc) is 2.40. The Balaban J connectivity index is 2.23. The molecule has 18 heavy (non-hydrogen) atoms. The normalized spacial score (nSPS) is 10.1. The van der Waals surface area contributed by atoms with Crippen molar-refractivity contribution in [2.75, 3.05) is 11.6 Å². The van der Waals surface area contributed by atoms with Gasteiger partial charge in [0.05, 0.1) is 10.6 Å². The molecule has 0 spiro atoms. The summed E-state index contributed by atoms with van der Waals surface area (Å²) in [5, 5.41) is 3.14. The van der Waals surface area contributed by atoms with E-state index >= 15 is 0 Å². The highest BCUT2D eigenvalue weighted by atomic mass is 35.5. The maximum atomic E-state index is 12.1. The van der Waals surface area contributed by atoms with Crippen molar-refractivity contribution in [2.24, 2.45) is 0 Å². The average molecular weight is 279 g/mol. The molecule has 3 nitrogen and oxygen atoms in total. The molecule has 0 aliphatic heterocycles. The van der Waals surface area contributed by atoms with Gasteiger partial charge in [-0.2, -0.15) is 0 Å². The Morgan fingerprint density at radius 3 is 2.83 bits per heavy atom. The van der Waals surface area contributed by atoms with Gasteiger partial charge >= 0.3 is 0 Å². The van der Waals surface area contributed by atoms with Crippen molar-refractivity contribution in [3.63, 3.8) is 0 Å². The summed E-state index contributed by atoms with van der Waals surface area (Å²) in [6.45, 7) is 0. The van der Waals surface area contributed by atoms with Gasteiger partial charge in [0.25, 0.3) is 5.91 Å². The number of nitrogens with zero attached hydrogens (tertiary/aromatic N) is 1. The lowest BCUT2D eigenvalue weighted by atomic mass is 10.2. The summed E-state index contributed by atoms with van der Waals surface area (Å²) in [5.74, 6) is 0.253. The number of pyridine rings is 1. The molecule has 0 saturated carbocycles. The molecule has 0 fully saturated rings. The predicted molar refractivity (Wildman–Crippen MR) is 75.4 cm³/mol. The van der Waals surface area contributed by atoms with E-state index in [0.29, 0.717) is 16.4 Å². The SMILES string of the molecule is CSc1ccc(Cl)c(C(=O)Nc2ccccn2)c1. The first kappa shape index (κ1) is 12.9. The van der Waals surface area contributed by atoms with Crippen molar-refractivity contribution in [3.8, 4) is 0 Å². The summed E-state index contributed by atoms with van der Waals surface area (Å²) in [6, 6.07) is 10.7. The van der Waals surface area contributed by atoms with Gasteiger partial charge < -0.3 is 5.32 Å². The molecule has 1 amide bonds. The van der Waals surface area contributed by atoms with Gasteiger partial charge in [-0.3, -0.25) is 4.79 Å². The quantitative estimate of drug-likeness (QED) is 0.870. The number of thioether (sulfide) groups is 1. The summed E-state index contributed by atoms with van der Waals surface area (Å²) < 4.78 is 0. The first-order valence-corrected chi connectivity index (χ1v) is 6.87. The Morgan fingerprint density at radius 2 is 2.17 bits per heavy atom. The predicted octanol–water partition coefficient (Wildman–Crippen LogP) is 3.71. The molecule has 0 unspecified atom stereocenters. The summed E-state index contributed by atoms with van der Waals surface area (Å²) in [5.41, 5.74) is 0.453. The molecule has 0 saturated heterocycles. The zero-order chi connectivity index (χ0) is 13.0. The Hall–Kier alpha value is -1.52. The maximum Gasteiger partial charge on any atom is 0.258 e. The van der Waals surface area contributed by atoms with Crippen LogP contribution in [0.5, 0.6) is 0 Å². The molecule has 92 valence electrons. The largest absolute Gasteiger partial charge is 0.307 e. The molecule has 1 heterocycles. The summed E-state index contributed by atoms with van der Waals surface area (Å²) in [6.07, 6.45) is 3.57. The third-order valence-corrected chi connectivity index (χ3v) is 3.38. The highest BCUT2D eigenvalue weighted by Gasteiger charge is 2.11. The fourth-order valence-corrected chi connectivity index (χ4v) is 2.07. The molecule has 5 heteroatoms. The van der Waals surface area contributed by atoms with Gasteiger partial charge in [-0.15, -0.1) is 11.8 Å². The third kappa shape index (κ3) is 3.03. The van der Waals surface area contributed by atoms with Crippen LogP contribution in [0.4, 0.5) is 5.82 Å². The van der Waals surface area contributed by atoms with E-state index < -0.39 is 0 Å². The van der Waals surface area contributed by atoms with Crippen molar-refractivity contribution < 1.29 is 4.79 Å². The van der Waals surface area contributed by atoms with Crippen LogP contribution in [0.3, 0.4) is 0 Å². The van der Waals surface area contributed by atoms with Crippen LogP contribution in [-0.2, 0) is 0 Å². The number of benzene rings is 1. The fourth-order valence-electron chi connectivity index (χ4n) is 1.43. The molecular formula is C13H11ClN2OS. The molecule has 1 aromatic carbocycles. The Kier molecular flexibility index (Phi) is 4.23. The first-order chi connectivity index (χ1) is 8.70. The van der Waals surface area contributed by atoms with Crippen LogP contribution in [0, 0.1) is 0 Å². The lowest BCUT2D eigenvalue weighted by Crippen LogP contribution is -2.13. The summed E-state index contributed by atoms with van der Waals surface area (Å²) in [7, 11) is 0. The number of halogens is 1. The third-order valence-electron chi connectivity index (χ3n) is 2.32. The number of hydrogen-bond donors (Lipinski definition) is 1. The minimum atomic E-state index is -0.255. The van der Waals surface area contributed by atoms with Gasteiger partial charge in [0, 0.05) is 11.1 Å². The Morgan fingerprint density at radius 1 is 1.33 bits per heavy atom. The molecule has 1 N–H and O–H groups in total. The van der Waals surface area contributed by atoms with Crippen molar-refractivity contribution in [3.05, 3.63) is 53.2 Å². The van der Waals surface area contributed by atoms with Gasteiger partial charge in [0.1, 0.15) is 5.82 Å². The highest BCUT2D eigenvalue weighted by molar-refractivity contribution is 7.98. The van der Waals surface area contributed by atoms with E-state index in [1.807, 2.05) is 18.4 Å². The minimum absolute atomic E-state index is 0.255. The summed E-state index contributed by atoms with van der Waals surface area (Å²) in [4.78, 5) is 17.1. The molecule has 0 radical (unpaired) electrons. The number of nitrogens with one attached hydrogen (secondary N) is 1. The molecule has 0 aliphatic carbocycles. The van der Waals surface area contributed by atoms with Crippen LogP contribution in [0.1, 0.15) is 10.4 Å². The van der Waals surface area contributed by atoms with Gasteiger partial charge in [0.15, 0.2) is 0 Å². The van der Waals surface area contributed by atoms with Crippen molar-refractivity contribution in [2.45, 2.75) is 4.90 Å². The zero-order valence-electron chi connectivity index (χ0n) is 9.68.